The first-order chi connectivity index (χ1) is 10.6. The van der Waals surface area contributed by atoms with Crippen LogP contribution in [0.3, 0.4) is 0 Å². The third-order valence-electron chi connectivity index (χ3n) is 2.95. The van der Waals surface area contributed by atoms with Crippen molar-refractivity contribution in [3.8, 4) is 0 Å². The first-order valence-electron chi connectivity index (χ1n) is 6.66. The molecule has 116 valence electrons. The Bertz CT molecular complexity index is 746. The van der Waals surface area contributed by atoms with Gasteiger partial charge in [-0.3, -0.25) is 0 Å². The lowest BCUT2D eigenvalue weighted by Crippen LogP contribution is -2.10. The molecular weight excluding hydrogens is 320 g/mol. The number of benzene rings is 1. The minimum absolute atomic E-state index is 0.320. The molecule has 0 bridgehead atoms. The summed E-state index contributed by atoms with van der Waals surface area (Å²) in [6.07, 6.45) is 1.60. The summed E-state index contributed by atoms with van der Waals surface area (Å²) in [5.41, 5.74) is 1.27. The van der Waals surface area contributed by atoms with E-state index in [1.54, 1.807) is 37.0 Å². The van der Waals surface area contributed by atoms with Crippen LogP contribution in [0.4, 0.5) is 5.95 Å². The van der Waals surface area contributed by atoms with Gasteiger partial charge in [-0.15, -0.1) is 12.6 Å². The lowest BCUT2D eigenvalue weighted by Gasteiger charge is -2.12. The molecule has 6 nitrogen and oxygen atoms in total. The zero-order valence-electron chi connectivity index (χ0n) is 12.2. The maximum atomic E-state index is 11.9. The van der Waals surface area contributed by atoms with Gasteiger partial charge in [0.1, 0.15) is 6.33 Å². The summed E-state index contributed by atoms with van der Waals surface area (Å²) in [6, 6.07) is 5.34. The van der Waals surface area contributed by atoms with Crippen molar-refractivity contribution in [3.63, 3.8) is 0 Å². The maximum absolute atomic E-state index is 11.9. The first kappa shape index (κ1) is 16.4. The number of ether oxygens (including phenoxy) is 1. The lowest BCUT2D eigenvalue weighted by molar-refractivity contribution is 0.0522. The van der Waals surface area contributed by atoms with Crippen LogP contribution in [0.1, 0.15) is 22.8 Å². The zero-order valence-corrected chi connectivity index (χ0v) is 13.9. The number of carbonyl (C=O) groups is 1. The third kappa shape index (κ3) is 3.63. The van der Waals surface area contributed by atoms with Crippen LogP contribution in [-0.4, -0.2) is 34.2 Å². The lowest BCUT2D eigenvalue weighted by atomic mass is 10.1. The monoisotopic (exact) mass is 336 g/mol. The summed E-state index contributed by atoms with van der Waals surface area (Å²) < 4.78 is 7.13. The molecule has 2 rings (SSSR count). The van der Waals surface area contributed by atoms with Gasteiger partial charge < -0.3 is 14.6 Å². The minimum atomic E-state index is -0.389. The number of nitrogens with one attached hydrogen (secondary N) is 1. The van der Waals surface area contributed by atoms with Crippen molar-refractivity contribution in [2.24, 2.45) is 0 Å². The van der Waals surface area contributed by atoms with Crippen molar-refractivity contribution in [2.75, 3.05) is 19.0 Å². The van der Waals surface area contributed by atoms with Gasteiger partial charge in [-0.1, -0.05) is 12.1 Å². The third-order valence-corrected chi connectivity index (χ3v) is 3.80. The Morgan fingerprint density at radius 1 is 1.50 bits per heavy atom. The summed E-state index contributed by atoms with van der Waals surface area (Å²) in [5, 5.41) is 2.83. The van der Waals surface area contributed by atoms with Gasteiger partial charge in [0.05, 0.1) is 18.7 Å². The highest BCUT2D eigenvalue weighted by Gasteiger charge is 2.13. The number of hydrogen-bond acceptors (Lipinski definition) is 7. The van der Waals surface area contributed by atoms with E-state index in [4.69, 9.17) is 17.0 Å². The smallest absolute Gasteiger partial charge is 0.339 e. The molecule has 0 unspecified atom stereocenters. The fourth-order valence-corrected chi connectivity index (χ4v) is 2.37. The van der Waals surface area contributed by atoms with Crippen molar-refractivity contribution >= 4 is 36.8 Å². The second-order valence-corrected chi connectivity index (χ2v) is 5.19. The first-order valence-corrected chi connectivity index (χ1v) is 7.51. The van der Waals surface area contributed by atoms with Crippen LogP contribution in [0.25, 0.3) is 0 Å². The second kappa shape index (κ2) is 7.37. The summed E-state index contributed by atoms with van der Waals surface area (Å²) >= 11 is 9.67. The molecule has 0 amide bonds. The van der Waals surface area contributed by atoms with E-state index in [1.807, 2.05) is 6.07 Å². The van der Waals surface area contributed by atoms with Crippen LogP contribution < -0.4 is 5.32 Å². The Balaban J connectivity index is 2.32. The van der Waals surface area contributed by atoms with Crippen LogP contribution in [0, 0.1) is 4.77 Å². The topological polar surface area (TPSA) is 69.0 Å². The summed E-state index contributed by atoms with van der Waals surface area (Å²) in [7, 11) is 1.73. The van der Waals surface area contributed by atoms with Gasteiger partial charge in [0.2, 0.25) is 10.7 Å². The van der Waals surface area contributed by atoms with Gasteiger partial charge in [-0.25, -0.2) is 9.78 Å². The summed E-state index contributed by atoms with van der Waals surface area (Å²) in [5.74, 6) is 0.0762. The molecule has 0 aliphatic carbocycles. The molecule has 2 aromatic rings. The van der Waals surface area contributed by atoms with Crippen LogP contribution in [0.15, 0.2) is 29.4 Å². The Morgan fingerprint density at radius 3 is 2.91 bits per heavy atom. The average Bonchev–Trinajstić information content (AvgIpc) is 2.51. The Kier molecular flexibility index (Phi) is 5.51. The van der Waals surface area contributed by atoms with E-state index in [0.29, 0.717) is 34.3 Å². The highest BCUT2D eigenvalue weighted by atomic mass is 32.1. The van der Waals surface area contributed by atoms with Crippen molar-refractivity contribution in [1.82, 2.24) is 14.5 Å². The molecule has 1 N–H and O–H groups in total. The molecule has 22 heavy (non-hydrogen) atoms. The van der Waals surface area contributed by atoms with Crippen LogP contribution >= 0.6 is 24.8 Å². The quantitative estimate of drug-likeness (QED) is 0.497. The molecule has 1 aromatic carbocycles. The molecule has 0 saturated heterocycles. The van der Waals surface area contributed by atoms with E-state index in [9.17, 15) is 4.79 Å². The Hall–Kier alpha value is -1.93. The fraction of sp³-hybridized carbons (Fsp3) is 0.286. The van der Waals surface area contributed by atoms with Crippen molar-refractivity contribution in [1.29, 1.82) is 0 Å². The molecular formula is C14H16N4O2S2. The van der Waals surface area contributed by atoms with Gasteiger partial charge in [0.15, 0.2) is 0 Å². The van der Waals surface area contributed by atoms with E-state index in [-0.39, 0.29) is 5.97 Å². The zero-order chi connectivity index (χ0) is 16.1. The number of thiol groups is 1. The van der Waals surface area contributed by atoms with Gasteiger partial charge >= 0.3 is 5.97 Å². The van der Waals surface area contributed by atoms with Crippen molar-refractivity contribution < 1.29 is 9.53 Å². The molecule has 1 heterocycles. The Morgan fingerprint density at radius 2 is 2.27 bits per heavy atom. The number of hydrogen-bond donors (Lipinski definition) is 2. The molecule has 1 aromatic heterocycles. The highest BCUT2D eigenvalue weighted by Crippen LogP contribution is 2.21. The van der Waals surface area contributed by atoms with Crippen LogP contribution in [0.2, 0.25) is 0 Å². The number of aromatic nitrogens is 3. The molecule has 0 radical (unpaired) electrons. The summed E-state index contributed by atoms with van der Waals surface area (Å²) in [4.78, 5) is 20.7. The molecule has 0 saturated carbocycles. The van der Waals surface area contributed by atoms with Crippen LogP contribution in [0.5, 0.6) is 0 Å². The molecule has 0 aliphatic heterocycles. The van der Waals surface area contributed by atoms with Crippen molar-refractivity contribution in [3.05, 3.63) is 40.4 Å². The summed E-state index contributed by atoms with van der Waals surface area (Å²) in [6.45, 7) is 2.51. The standard InChI is InChI=1S/C14H16N4O2S2/c1-3-20-12(19)10-6-4-5-9(11(10)21)7-18-8-16-13(15-2)17-14(18)22/h4-6,8,21H,3,7H2,1-2H3,(H,15,17,22). The van der Waals surface area contributed by atoms with Gasteiger partial charge in [-0.2, -0.15) is 4.98 Å². The maximum Gasteiger partial charge on any atom is 0.339 e. The minimum Gasteiger partial charge on any atom is -0.462 e. The SMILES string of the molecule is CCOC(=O)c1cccc(Cn2cnc(NC)nc2=S)c1S. The molecule has 0 spiro atoms. The van der Waals surface area contributed by atoms with Crippen molar-refractivity contribution in [2.45, 2.75) is 18.4 Å². The van der Waals surface area contributed by atoms with E-state index in [0.717, 1.165) is 5.56 Å². The Labute approximate surface area is 139 Å². The van der Waals surface area contributed by atoms with Crippen LogP contribution in [-0.2, 0) is 11.3 Å². The number of nitrogens with zero attached hydrogens (tertiary/aromatic N) is 3. The molecule has 0 atom stereocenters. The molecule has 0 fully saturated rings. The van der Waals surface area contributed by atoms with Gasteiger partial charge in [0, 0.05) is 11.9 Å². The predicted molar refractivity (Wildman–Crippen MR) is 89.2 cm³/mol. The predicted octanol–water partition coefficient (Wildman–Crippen LogP) is 2.56. The number of rotatable bonds is 5. The molecule has 0 aliphatic rings. The van der Waals surface area contributed by atoms with E-state index in [1.165, 1.54) is 0 Å². The van der Waals surface area contributed by atoms with Gasteiger partial charge in [-0.05, 0) is 30.8 Å². The van der Waals surface area contributed by atoms with E-state index < -0.39 is 0 Å². The largest absolute Gasteiger partial charge is 0.462 e. The highest BCUT2D eigenvalue weighted by molar-refractivity contribution is 7.80. The van der Waals surface area contributed by atoms with E-state index in [2.05, 4.69) is 27.9 Å². The van der Waals surface area contributed by atoms with E-state index >= 15 is 0 Å². The second-order valence-electron chi connectivity index (χ2n) is 4.37. The van der Waals surface area contributed by atoms with Gasteiger partial charge in [0.25, 0.3) is 0 Å². The fourth-order valence-electron chi connectivity index (χ4n) is 1.86. The number of carbonyl (C=O) groups excluding carboxylic acids is 1. The normalized spacial score (nSPS) is 10.3. The molecule has 8 heteroatoms. The number of anilines is 1. The average molecular weight is 336 g/mol. The number of esters is 1.